The van der Waals surface area contributed by atoms with Gasteiger partial charge in [0.1, 0.15) is 4.75 Å². The molecular weight excluding hydrogens is 404 g/mol. The first-order valence-corrected chi connectivity index (χ1v) is 13.7. The highest BCUT2D eigenvalue weighted by Gasteiger charge is 2.40. The number of halogens is 1. The lowest BCUT2D eigenvalue weighted by atomic mass is 9.93. The van der Waals surface area contributed by atoms with Crippen molar-refractivity contribution in [3.8, 4) is 0 Å². The number of unbranched alkanes of at least 4 members (excludes halogenated alkanes) is 15. The summed E-state index contributed by atoms with van der Waals surface area (Å²) in [4.78, 5) is 0. The summed E-state index contributed by atoms with van der Waals surface area (Å²) in [5.41, 5.74) is 0. The molecule has 0 aromatic heterocycles. The Bertz CT molecular complexity index is 583. The molecule has 170 valence electrons. The summed E-state index contributed by atoms with van der Waals surface area (Å²) < 4.78 is 32.2. The Morgan fingerprint density at radius 1 is 0.828 bits per heavy atom. The molecule has 0 saturated heterocycles. The van der Waals surface area contributed by atoms with Crippen molar-refractivity contribution in [2.75, 3.05) is 0 Å². The Morgan fingerprint density at radius 2 is 1.24 bits per heavy atom. The van der Waals surface area contributed by atoms with E-state index in [1.807, 2.05) is 0 Å². The van der Waals surface area contributed by atoms with Crippen LogP contribution in [0.4, 0.5) is 0 Å². The summed E-state index contributed by atoms with van der Waals surface area (Å²) in [6.45, 7) is 2.27. The van der Waals surface area contributed by atoms with E-state index in [2.05, 4.69) is 6.92 Å². The number of hydrogen-bond acceptors (Lipinski definition) is 2. The van der Waals surface area contributed by atoms with Gasteiger partial charge in [0.15, 0.2) is 0 Å². The molecular formula is C24H43ClO3S. The van der Waals surface area contributed by atoms with Gasteiger partial charge in [-0.15, -0.1) is 0 Å². The van der Waals surface area contributed by atoms with Crippen molar-refractivity contribution in [2.24, 2.45) is 0 Å². The van der Waals surface area contributed by atoms with E-state index < -0.39 is 14.9 Å². The molecule has 0 bridgehead atoms. The lowest BCUT2D eigenvalue weighted by Crippen LogP contribution is -2.36. The van der Waals surface area contributed by atoms with E-state index in [4.69, 9.17) is 11.6 Å². The fourth-order valence-electron chi connectivity index (χ4n) is 4.12. The predicted octanol–water partition coefficient (Wildman–Crippen LogP) is 8.35. The zero-order valence-electron chi connectivity index (χ0n) is 18.5. The zero-order valence-corrected chi connectivity index (χ0v) is 20.1. The van der Waals surface area contributed by atoms with Crippen molar-refractivity contribution < 1.29 is 13.0 Å². The van der Waals surface area contributed by atoms with Gasteiger partial charge < -0.3 is 0 Å². The molecule has 1 aliphatic rings. The standard InChI is InChI=1S/C24H43ClO3S/c1-2-3-4-5-6-7-8-9-10-11-12-13-14-15-16-17-20-24(29(26,27)28)21-18-23(25)19-22-24/h18-19,21H,2-17,20,22H2,1H3,(H,26,27,28). The van der Waals surface area contributed by atoms with Gasteiger partial charge in [0.05, 0.1) is 0 Å². The molecule has 0 heterocycles. The molecule has 1 unspecified atom stereocenters. The molecule has 1 N–H and O–H groups in total. The average molecular weight is 447 g/mol. The van der Waals surface area contributed by atoms with Crippen LogP contribution in [-0.2, 0) is 10.1 Å². The molecule has 0 aliphatic heterocycles. The third-order valence-electron chi connectivity index (χ3n) is 6.16. The number of rotatable bonds is 18. The van der Waals surface area contributed by atoms with Crippen LogP contribution in [0.25, 0.3) is 0 Å². The topological polar surface area (TPSA) is 54.4 Å². The normalized spacial score (nSPS) is 19.5. The quantitative estimate of drug-likeness (QED) is 0.170. The minimum Gasteiger partial charge on any atom is -0.285 e. The van der Waals surface area contributed by atoms with Gasteiger partial charge in [0.25, 0.3) is 10.1 Å². The van der Waals surface area contributed by atoms with Gasteiger partial charge in [-0.25, -0.2) is 0 Å². The first-order chi connectivity index (χ1) is 13.9. The van der Waals surface area contributed by atoms with Gasteiger partial charge in [0.2, 0.25) is 0 Å². The molecule has 0 spiro atoms. The van der Waals surface area contributed by atoms with Crippen molar-refractivity contribution in [3.05, 3.63) is 23.3 Å². The van der Waals surface area contributed by atoms with Crippen LogP contribution in [0.3, 0.4) is 0 Å². The summed E-state index contributed by atoms with van der Waals surface area (Å²) in [6.07, 6.45) is 26.2. The van der Waals surface area contributed by atoms with Crippen LogP contribution in [0, 0.1) is 0 Å². The molecule has 29 heavy (non-hydrogen) atoms. The van der Waals surface area contributed by atoms with Crippen LogP contribution in [0.2, 0.25) is 0 Å². The number of allylic oxidation sites excluding steroid dienone is 3. The van der Waals surface area contributed by atoms with Gasteiger partial charge in [-0.1, -0.05) is 133 Å². The molecule has 3 nitrogen and oxygen atoms in total. The van der Waals surface area contributed by atoms with E-state index in [1.54, 1.807) is 18.2 Å². The second kappa shape index (κ2) is 15.5. The van der Waals surface area contributed by atoms with Crippen molar-refractivity contribution in [1.82, 2.24) is 0 Å². The van der Waals surface area contributed by atoms with Crippen molar-refractivity contribution in [2.45, 2.75) is 127 Å². The van der Waals surface area contributed by atoms with Gasteiger partial charge in [-0.3, -0.25) is 4.55 Å². The second-order valence-corrected chi connectivity index (χ2v) is 10.9. The van der Waals surface area contributed by atoms with Crippen LogP contribution in [0.1, 0.15) is 122 Å². The van der Waals surface area contributed by atoms with Crippen LogP contribution in [0.15, 0.2) is 23.3 Å². The average Bonchev–Trinajstić information content (AvgIpc) is 2.68. The molecule has 0 saturated carbocycles. The summed E-state index contributed by atoms with van der Waals surface area (Å²) in [5.74, 6) is 0. The predicted molar refractivity (Wildman–Crippen MR) is 126 cm³/mol. The molecule has 5 heteroatoms. The lowest BCUT2D eigenvalue weighted by molar-refractivity contribution is 0.426. The van der Waals surface area contributed by atoms with Crippen LogP contribution >= 0.6 is 11.6 Å². The summed E-state index contributed by atoms with van der Waals surface area (Å²) >= 11 is 5.89. The van der Waals surface area contributed by atoms with Crippen molar-refractivity contribution in [3.63, 3.8) is 0 Å². The maximum absolute atomic E-state index is 11.8. The Kier molecular flexibility index (Phi) is 14.3. The maximum atomic E-state index is 11.8. The van der Waals surface area contributed by atoms with Gasteiger partial charge in [-0.2, -0.15) is 8.42 Å². The summed E-state index contributed by atoms with van der Waals surface area (Å²) in [6, 6.07) is 0. The van der Waals surface area contributed by atoms with Crippen molar-refractivity contribution >= 4 is 21.7 Å². The molecule has 0 radical (unpaired) electrons. The van der Waals surface area contributed by atoms with Gasteiger partial charge >= 0.3 is 0 Å². The fourth-order valence-corrected chi connectivity index (χ4v) is 5.19. The SMILES string of the molecule is CCCCCCCCCCCCCCCCCCC1(S(=O)(=O)O)C=CC(Cl)=CC1. The smallest absolute Gasteiger partial charge is 0.274 e. The van der Waals surface area contributed by atoms with E-state index in [0.717, 1.165) is 19.3 Å². The van der Waals surface area contributed by atoms with E-state index in [1.165, 1.54) is 83.5 Å². The third kappa shape index (κ3) is 11.6. The molecule has 0 fully saturated rings. The minimum atomic E-state index is -4.12. The highest BCUT2D eigenvalue weighted by Crippen LogP contribution is 2.34. The fraction of sp³-hybridized carbons (Fsp3) is 0.833. The van der Waals surface area contributed by atoms with Crippen LogP contribution < -0.4 is 0 Å². The first kappa shape index (κ1) is 26.7. The molecule has 0 aromatic carbocycles. The maximum Gasteiger partial charge on any atom is 0.274 e. The third-order valence-corrected chi connectivity index (χ3v) is 7.97. The Labute approximate surface area is 185 Å². The second-order valence-electron chi connectivity index (χ2n) is 8.72. The monoisotopic (exact) mass is 446 g/mol. The molecule has 0 amide bonds. The number of hydrogen-bond donors (Lipinski definition) is 1. The van der Waals surface area contributed by atoms with E-state index in [9.17, 15) is 13.0 Å². The molecule has 0 aromatic rings. The molecule has 1 rings (SSSR count). The first-order valence-electron chi connectivity index (χ1n) is 11.9. The highest BCUT2D eigenvalue weighted by atomic mass is 35.5. The Balaban J connectivity index is 1.96. The Hall–Kier alpha value is -0.320. The zero-order chi connectivity index (χ0) is 21.4. The molecule has 1 atom stereocenters. The molecule has 1 aliphatic carbocycles. The summed E-state index contributed by atoms with van der Waals surface area (Å²) in [5, 5.41) is 0.538. The van der Waals surface area contributed by atoms with Crippen molar-refractivity contribution in [1.29, 1.82) is 0 Å². The van der Waals surface area contributed by atoms with Crippen LogP contribution in [0.5, 0.6) is 0 Å². The van der Waals surface area contributed by atoms with Crippen LogP contribution in [-0.4, -0.2) is 17.7 Å². The Morgan fingerprint density at radius 3 is 1.59 bits per heavy atom. The highest BCUT2D eigenvalue weighted by molar-refractivity contribution is 7.87. The lowest BCUT2D eigenvalue weighted by Gasteiger charge is -2.28. The minimum absolute atomic E-state index is 0.264. The van der Waals surface area contributed by atoms with Gasteiger partial charge in [0, 0.05) is 5.03 Å². The van der Waals surface area contributed by atoms with E-state index in [-0.39, 0.29) is 6.42 Å². The van der Waals surface area contributed by atoms with E-state index >= 15 is 0 Å². The van der Waals surface area contributed by atoms with E-state index in [0.29, 0.717) is 11.5 Å². The largest absolute Gasteiger partial charge is 0.285 e. The summed E-state index contributed by atoms with van der Waals surface area (Å²) in [7, 11) is -4.12. The van der Waals surface area contributed by atoms with Gasteiger partial charge in [-0.05, 0) is 18.9 Å².